The molecule has 0 atom stereocenters. The van der Waals surface area contributed by atoms with Gasteiger partial charge in [-0.3, -0.25) is 8.80 Å². The summed E-state index contributed by atoms with van der Waals surface area (Å²) in [6.07, 6.45) is 0. The Morgan fingerprint density at radius 3 is 1.35 bits per heavy atom. The van der Waals surface area contributed by atoms with Gasteiger partial charge in [-0.2, -0.15) is 0 Å². The maximum Gasteiger partial charge on any atom is 0.215 e. The molecular formula is C34H20N2O. The first-order valence-electron chi connectivity index (χ1n) is 12.6. The second-order valence-electron chi connectivity index (χ2n) is 9.85. The van der Waals surface area contributed by atoms with Crippen LogP contribution >= 0.6 is 0 Å². The molecule has 0 saturated heterocycles. The van der Waals surface area contributed by atoms with Crippen molar-refractivity contribution < 1.29 is 4.42 Å². The van der Waals surface area contributed by atoms with E-state index in [9.17, 15) is 0 Å². The predicted octanol–water partition coefficient (Wildman–Crippen LogP) is 9.27. The lowest BCUT2D eigenvalue weighted by Crippen LogP contribution is -1.85. The van der Waals surface area contributed by atoms with E-state index in [0.717, 1.165) is 44.3 Å². The van der Waals surface area contributed by atoms with Crippen molar-refractivity contribution in [3.8, 4) is 0 Å². The molecule has 0 aliphatic rings. The highest BCUT2D eigenvalue weighted by Gasteiger charge is 2.22. The van der Waals surface area contributed by atoms with Gasteiger partial charge >= 0.3 is 0 Å². The van der Waals surface area contributed by atoms with Gasteiger partial charge in [-0.25, -0.2) is 0 Å². The standard InChI is InChI=1S/C34H20N2O/c1-3-13-29-27(11-1)31-32-28-12-2-4-14-30(28)36-26-10-6-8-24(20-26)22-17-15-21(16-18-22)23-7-5-9-25(19-23)35(29)33(31)37-34(32)36/h1-20H. The molecule has 0 aliphatic carbocycles. The lowest BCUT2D eigenvalue weighted by Gasteiger charge is -2.00. The molecule has 172 valence electrons. The second kappa shape index (κ2) is 6.80. The molecule has 3 heteroatoms. The molecule has 5 heterocycles. The SMILES string of the molecule is c1ccc2c(c1)c1c3c4ccccc4n4c5cccc(c5)c5ccc(cc5)c5cccc(c5)n2c1oc34. The highest BCUT2D eigenvalue weighted by Crippen LogP contribution is 2.42. The van der Waals surface area contributed by atoms with Crippen LogP contribution in [-0.4, -0.2) is 8.80 Å². The van der Waals surface area contributed by atoms with Gasteiger partial charge in [0.05, 0.1) is 21.8 Å². The van der Waals surface area contributed by atoms with Crippen molar-refractivity contribution in [2.75, 3.05) is 0 Å². The van der Waals surface area contributed by atoms with Crippen LogP contribution in [0.4, 0.5) is 0 Å². The molecule has 0 fully saturated rings. The van der Waals surface area contributed by atoms with E-state index in [0.29, 0.717) is 0 Å². The molecule has 5 aromatic heterocycles. The van der Waals surface area contributed by atoms with E-state index >= 15 is 0 Å². The zero-order valence-corrected chi connectivity index (χ0v) is 19.8. The van der Waals surface area contributed by atoms with E-state index in [1.165, 1.54) is 32.3 Å². The van der Waals surface area contributed by atoms with Crippen LogP contribution in [0.5, 0.6) is 0 Å². The van der Waals surface area contributed by atoms with E-state index in [2.05, 4.69) is 130 Å². The zero-order chi connectivity index (χ0) is 24.1. The van der Waals surface area contributed by atoms with E-state index in [1.54, 1.807) is 0 Å². The molecule has 0 N–H and O–H groups in total. The molecule has 5 aromatic carbocycles. The van der Waals surface area contributed by atoms with E-state index in [-0.39, 0.29) is 0 Å². The third kappa shape index (κ3) is 2.45. The number of rotatable bonds is 0. The Labute approximate surface area is 211 Å². The van der Waals surface area contributed by atoms with Crippen molar-refractivity contribution in [2.45, 2.75) is 0 Å². The summed E-state index contributed by atoms with van der Waals surface area (Å²) in [6, 6.07) is 43.6. The number of fused-ring (bicyclic) bond motifs is 7. The van der Waals surface area contributed by atoms with Crippen molar-refractivity contribution in [1.29, 1.82) is 0 Å². The largest absolute Gasteiger partial charge is 0.422 e. The Bertz CT molecular complexity index is 2230. The van der Waals surface area contributed by atoms with Gasteiger partial charge in [0, 0.05) is 21.8 Å². The summed E-state index contributed by atoms with van der Waals surface area (Å²) in [5.74, 6) is 0. The molecule has 3 nitrogen and oxygen atoms in total. The zero-order valence-electron chi connectivity index (χ0n) is 19.8. The lowest BCUT2D eigenvalue weighted by molar-refractivity contribution is 0.635. The topological polar surface area (TPSA) is 22.0 Å². The van der Waals surface area contributed by atoms with Gasteiger partial charge in [-0.1, -0.05) is 84.9 Å². The molecule has 0 spiro atoms. The maximum atomic E-state index is 6.91. The molecule has 10 aromatic rings. The fraction of sp³-hybridized carbons (Fsp3) is 0. The highest BCUT2D eigenvalue weighted by molar-refractivity contribution is 6.27. The number of aromatic nitrogens is 2. The molecule has 37 heavy (non-hydrogen) atoms. The number of furan rings is 1. The fourth-order valence-corrected chi connectivity index (χ4v) is 6.22. The summed E-state index contributed by atoms with van der Waals surface area (Å²) < 4.78 is 11.5. The molecular weight excluding hydrogens is 452 g/mol. The third-order valence-electron chi connectivity index (χ3n) is 7.87. The van der Waals surface area contributed by atoms with Crippen LogP contribution in [0.25, 0.3) is 76.6 Å². The Kier molecular flexibility index (Phi) is 3.53. The number of nitrogens with zero attached hydrogens (tertiary/aromatic N) is 2. The summed E-state index contributed by atoms with van der Waals surface area (Å²) in [5, 5.41) is 9.49. The van der Waals surface area contributed by atoms with Crippen molar-refractivity contribution >= 4 is 76.6 Å². The Balaban J connectivity index is 1.71. The minimum atomic E-state index is 0.878. The normalized spacial score (nSPS) is 12.3. The molecule has 0 radical (unpaired) electrons. The Hall–Kier alpha value is -5.02. The first kappa shape index (κ1) is 19.2. The average Bonchev–Trinajstić information content (AvgIpc) is 3.58. The Morgan fingerprint density at radius 1 is 0.405 bits per heavy atom. The summed E-state index contributed by atoms with van der Waals surface area (Å²) in [7, 11) is 0. The van der Waals surface area contributed by atoms with Gasteiger partial charge < -0.3 is 4.42 Å². The molecule has 10 rings (SSSR count). The number of hydrogen-bond acceptors (Lipinski definition) is 1. The summed E-state index contributed by atoms with van der Waals surface area (Å²) in [4.78, 5) is 0. The highest BCUT2D eigenvalue weighted by atomic mass is 16.4. The van der Waals surface area contributed by atoms with Gasteiger partial charge in [0.2, 0.25) is 11.4 Å². The van der Waals surface area contributed by atoms with Gasteiger partial charge in [-0.15, -0.1) is 0 Å². The van der Waals surface area contributed by atoms with Crippen LogP contribution in [-0.2, 0) is 0 Å². The molecule has 0 aliphatic heterocycles. The first-order valence-corrected chi connectivity index (χ1v) is 12.6. The van der Waals surface area contributed by atoms with Crippen LogP contribution in [0.2, 0.25) is 0 Å². The van der Waals surface area contributed by atoms with Crippen LogP contribution in [0.15, 0.2) is 126 Å². The molecule has 0 saturated carbocycles. The quantitative estimate of drug-likeness (QED) is 0.216. The number of benzene rings is 5. The first-order chi connectivity index (χ1) is 18.3. The third-order valence-corrected chi connectivity index (χ3v) is 7.87. The number of para-hydroxylation sites is 2. The monoisotopic (exact) mass is 472 g/mol. The van der Waals surface area contributed by atoms with Crippen LogP contribution in [0.3, 0.4) is 0 Å². The van der Waals surface area contributed by atoms with Crippen LogP contribution in [0.1, 0.15) is 0 Å². The smallest absolute Gasteiger partial charge is 0.215 e. The van der Waals surface area contributed by atoms with Crippen molar-refractivity contribution in [2.24, 2.45) is 0 Å². The van der Waals surface area contributed by atoms with Crippen molar-refractivity contribution in [3.05, 3.63) is 121 Å². The molecule has 8 bridgehead atoms. The lowest BCUT2D eigenvalue weighted by atomic mass is 10.1. The van der Waals surface area contributed by atoms with Gasteiger partial charge in [-0.05, 0) is 57.9 Å². The average molecular weight is 473 g/mol. The van der Waals surface area contributed by atoms with Gasteiger partial charge in [0.1, 0.15) is 0 Å². The predicted molar refractivity (Wildman–Crippen MR) is 154 cm³/mol. The minimum Gasteiger partial charge on any atom is -0.422 e. The molecule has 0 amide bonds. The molecule has 0 unspecified atom stereocenters. The van der Waals surface area contributed by atoms with E-state index < -0.39 is 0 Å². The van der Waals surface area contributed by atoms with Crippen LogP contribution < -0.4 is 0 Å². The van der Waals surface area contributed by atoms with E-state index in [4.69, 9.17) is 4.42 Å². The van der Waals surface area contributed by atoms with Crippen molar-refractivity contribution in [1.82, 2.24) is 8.80 Å². The van der Waals surface area contributed by atoms with Gasteiger partial charge in [0.15, 0.2) is 0 Å². The second-order valence-corrected chi connectivity index (χ2v) is 9.85. The van der Waals surface area contributed by atoms with Gasteiger partial charge in [0.25, 0.3) is 0 Å². The van der Waals surface area contributed by atoms with Crippen molar-refractivity contribution in [3.63, 3.8) is 0 Å². The fourth-order valence-electron chi connectivity index (χ4n) is 6.22. The van der Waals surface area contributed by atoms with Crippen LogP contribution in [0, 0.1) is 0 Å². The maximum absolute atomic E-state index is 6.91. The van der Waals surface area contributed by atoms with E-state index in [1.807, 2.05) is 0 Å². The number of hydrogen-bond donors (Lipinski definition) is 0. The Morgan fingerprint density at radius 2 is 0.865 bits per heavy atom. The summed E-state index contributed by atoms with van der Waals surface area (Å²) >= 11 is 0. The summed E-state index contributed by atoms with van der Waals surface area (Å²) in [6.45, 7) is 0. The summed E-state index contributed by atoms with van der Waals surface area (Å²) in [5.41, 5.74) is 6.24. The minimum absolute atomic E-state index is 0.878.